The van der Waals surface area contributed by atoms with Crippen LogP contribution >= 0.6 is 15.9 Å². The summed E-state index contributed by atoms with van der Waals surface area (Å²) in [6.07, 6.45) is 9.87. The van der Waals surface area contributed by atoms with Crippen molar-refractivity contribution in [2.45, 2.75) is 82.5 Å². The highest BCUT2D eigenvalue weighted by atomic mass is 79.9. The predicted molar refractivity (Wildman–Crippen MR) is 110 cm³/mol. The van der Waals surface area contributed by atoms with E-state index in [1.165, 1.54) is 32.1 Å². The number of halogens is 1. The van der Waals surface area contributed by atoms with Crippen molar-refractivity contribution in [3.63, 3.8) is 0 Å². The van der Waals surface area contributed by atoms with Gasteiger partial charge < -0.3 is 4.90 Å². The Morgan fingerprint density at radius 2 is 1.96 bits per heavy atom. The van der Waals surface area contributed by atoms with Gasteiger partial charge in [-0.25, -0.2) is 0 Å². The minimum Gasteiger partial charge on any atom is -0.309 e. The monoisotopic (exact) mass is 419 g/mol. The molecule has 2 atom stereocenters. The Labute approximate surface area is 165 Å². The first-order valence-corrected chi connectivity index (χ1v) is 11.1. The van der Waals surface area contributed by atoms with Crippen molar-refractivity contribution in [3.05, 3.63) is 29.3 Å². The molecule has 2 unspecified atom stereocenters. The van der Waals surface area contributed by atoms with E-state index in [0.717, 1.165) is 42.0 Å². The Bertz CT molecular complexity index is 666. The average molecular weight is 420 g/mol. The number of Topliss-reactive ketones (excluding diaryl/α,β-unsaturated/α-hetero) is 1. The van der Waals surface area contributed by atoms with Crippen molar-refractivity contribution in [2.24, 2.45) is 5.92 Å². The van der Waals surface area contributed by atoms with Crippen LogP contribution < -0.4 is 4.90 Å². The van der Waals surface area contributed by atoms with Crippen LogP contribution in [-0.2, 0) is 11.2 Å². The van der Waals surface area contributed by atoms with E-state index in [0.29, 0.717) is 6.42 Å². The van der Waals surface area contributed by atoms with Crippen molar-refractivity contribution in [1.82, 2.24) is 0 Å². The summed E-state index contributed by atoms with van der Waals surface area (Å²) in [4.78, 5) is 27.1. The molecule has 3 nitrogen and oxygen atoms in total. The number of alkyl halides is 1. The highest BCUT2D eigenvalue weighted by Crippen LogP contribution is 2.35. The fourth-order valence-corrected chi connectivity index (χ4v) is 4.72. The van der Waals surface area contributed by atoms with Crippen LogP contribution in [0.25, 0.3) is 0 Å². The minimum absolute atomic E-state index is 0.130. The standard InChI is InChI=1S/C22H30BrNO2/c1-3-19(23)22(26)17-10-11-20-18(14-17)13-15(2)24(20)21(25)12-9-16-7-5-4-6-8-16/h10-11,14-16,19H,3-9,12-13H2,1-2H3. The molecule has 1 fully saturated rings. The number of amides is 1. The third kappa shape index (κ3) is 4.21. The molecule has 1 aromatic rings. The number of hydrogen-bond donors (Lipinski definition) is 0. The van der Waals surface area contributed by atoms with E-state index in [1.54, 1.807) is 0 Å². The molecule has 1 amide bonds. The maximum absolute atomic E-state index is 12.9. The molecule has 0 N–H and O–H groups in total. The molecule has 0 saturated heterocycles. The number of fused-ring (bicyclic) bond motifs is 1. The molecule has 0 bridgehead atoms. The first-order valence-electron chi connectivity index (χ1n) is 10.1. The molecule has 26 heavy (non-hydrogen) atoms. The van der Waals surface area contributed by atoms with Gasteiger partial charge in [-0.15, -0.1) is 0 Å². The lowest BCUT2D eigenvalue weighted by molar-refractivity contribution is -0.119. The van der Waals surface area contributed by atoms with E-state index in [2.05, 4.69) is 22.9 Å². The van der Waals surface area contributed by atoms with Crippen LogP contribution in [0.2, 0.25) is 0 Å². The van der Waals surface area contributed by atoms with Crippen LogP contribution in [0, 0.1) is 5.92 Å². The lowest BCUT2D eigenvalue weighted by atomic mass is 9.86. The number of carbonyl (C=O) groups is 2. The van der Waals surface area contributed by atoms with Gasteiger partial charge in [-0.1, -0.05) is 55.0 Å². The van der Waals surface area contributed by atoms with Crippen LogP contribution in [0.1, 0.15) is 81.1 Å². The topological polar surface area (TPSA) is 37.4 Å². The van der Waals surface area contributed by atoms with Gasteiger partial charge in [0.05, 0.1) is 4.83 Å². The molecule has 2 aliphatic rings. The Morgan fingerprint density at radius 1 is 1.23 bits per heavy atom. The molecule has 1 heterocycles. The van der Waals surface area contributed by atoms with Gasteiger partial charge >= 0.3 is 0 Å². The highest BCUT2D eigenvalue weighted by molar-refractivity contribution is 9.10. The second-order valence-corrected chi connectivity index (χ2v) is 9.05. The number of hydrogen-bond acceptors (Lipinski definition) is 2. The van der Waals surface area contributed by atoms with Crippen molar-refractivity contribution in [3.8, 4) is 0 Å². The van der Waals surface area contributed by atoms with Gasteiger partial charge in [-0.3, -0.25) is 9.59 Å². The normalized spacial score (nSPS) is 21.5. The van der Waals surface area contributed by atoms with Gasteiger partial charge in [0.2, 0.25) is 5.91 Å². The minimum atomic E-state index is -0.132. The number of benzene rings is 1. The fraction of sp³-hybridized carbons (Fsp3) is 0.636. The zero-order chi connectivity index (χ0) is 18.7. The van der Waals surface area contributed by atoms with Crippen LogP contribution in [-0.4, -0.2) is 22.6 Å². The Balaban J connectivity index is 1.69. The van der Waals surface area contributed by atoms with E-state index in [-0.39, 0.29) is 22.6 Å². The molecule has 142 valence electrons. The lowest BCUT2D eigenvalue weighted by Gasteiger charge is -2.25. The van der Waals surface area contributed by atoms with Crippen molar-refractivity contribution < 1.29 is 9.59 Å². The van der Waals surface area contributed by atoms with Crippen LogP contribution in [0.3, 0.4) is 0 Å². The zero-order valence-electron chi connectivity index (χ0n) is 16.0. The first kappa shape index (κ1) is 19.6. The number of carbonyl (C=O) groups excluding carboxylic acids is 2. The molecule has 1 aromatic carbocycles. The molecule has 0 radical (unpaired) electrons. The summed E-state index contributed by atoms with van der Waals surface area (Å²) in [5.41, 5.74) is 2.88. The summed E-state index contributed by atoms with van der Waals surface area (Å²) < 4.78 is 0. The number of nitrogens with zero attached hydrogens (tertiary/aromatic N) is 1. The summed E-state index contributed by atoms with van der Waals surface area (Å²) in [5, 5.41) is 0. The summed E-state index contributed by atoms with van der Waals surface area (Å²) >= 11 is 3.45. The molecule has 0 spiro atoms. The Hall–Kier alpha value is -1.16. The van der Waals surface area contributed by atoms with E-state index < -0.39 is 0 Å². The number of rotatable bonds is 6. The maximum atomic E-state index is 12.9. The summed E-state index contributed by atoms with van der Waals surface area (Å²) in [6, 6.07) is 6.02. The largest absolute Gasteiger partial charge is 0.309 e. The number of anilines is 1. The summed E-state index contributed by atoms with van der Waals surface area (Å²) in [5.74, 6) is 1.10. The van der Waals surface area contributed by atoms with Crippen molar-refractivity contribution in [2.75, 3.05) is 4.90 Å². The molecular formula is C22H30BrNO2. The van der Waals surface area contributed by atoms with Crippen LogP contribution in [0.5, 0.6) is 0 Å². The first-order chi connectivity index (χ1) is 12.5. The maximum Gasteiger partial charge on any atom is 0.227 e. The second kappa shape index (κ2) is 8.69. The van der Waals surface area contributed by atoms with Crippen LogP contribution in [0.15, 0.2) is 18.2 Å². The van der Waals surface area contributed by atoms with E-state index in [9.17, 15) is 9.59 Å². The molecule has 1 saturated carbocycles. The molecule has 3 rings (SSSR count). The van der Waals surface area contributed by atoms with Gasteiger partial charge in [0, 0.05) is 23.7 Å². The zero-order valence-corrected chi connectivity index (χ0v) is 17.6. The quantitative estimate of drug-likeness (QED) is 0.439. The van der Waals surface area contributed by atoms with E-state index >= 15 is 0 Å². The van der Waals surface area contributed by atoms with Crippen LogP contribution in [0.4, 0.5) is 5.69 Å². The molecule has 4 heteroatoms. The van der Waals surface area contributed by atoms with Crippen molar-refractivity contribution in [1.29, 1.82) is 0 Å². The SMILES string of the molecule is CCC(Br)C(=O)c1ccc2c(c1)CC(C)N2C(=O)CCC1CCCCC1. The average Bonchev–Trinajstić information content (AvgIpc) is 3.00. The molecular weight excluding hydrogens is 390 g/mol. The van der Waals surface area contributed by atoms with Gasteiger partial charge in [0.15, 0.2) is 5.78 Å². The van der Waals surface area contributed by atoms with Gasteiger partial charge in [-0.2, -0.15) is 0 Å². The second-order valence-electron chi connectivity index (χ2n) is 7.94. The van der Waals surface area contributed by atoms with E-state index in [4.69, 9.17) is 0 Å². The van der Waals surface area contributed by atoms with Gasteiger partial charge in [0.1, 0.15) is 0 Å². The number of ketones is 1. The van der Waals surface area contributed by atoms with Gasteiger partial charge in [-0.05, 0) is 55.9 Å². The fourth-order valence-electron chi connectivity index (χ4n) is 4.45. The molecule has 0 aromatic heterocycles. The molecule has 1 aliphatic carbocycles. The Morgan fingerprint density at radius 3 is 2.65 bits per heavy atom. The summed E-state index contributed by atoms with van der Waals surface area (Å²) in [6.45, 7) is 4.11. The third-order valence-electron chi connectivity index (χ3n) is 5.98. The Kier molecular flexibility index (Phi) is 6.55. The molecule has 1 aliphatic heterocycles. The smallest absolute Gasteiger partial charge is 0.227 e. The third-order valence-corrected chi connectivity index (χ3v) is 7.05. The van der Waals surface area contributed by atoms with Gasteiger partial charge in [0.25, 0.3) is 0 Å². The highest BCUT2D eigenvalue weighted by Gasteiger charge is 2.32. The van der Waals surface area contributed by atoms with Crippen molar-refractivity contribution >= 4 is 33.3 Å². The summed E-state index contributed by atoms with van der Waals surface area (Å²) in [7, 11) is 0. The predicted octanol–water partition coefficient (Wildman–Crippen LogP) is 5.68. The lowest BCUT2D eigenvalue weighted by Crippen LogP contribution is -2.35. The van der Waals surface area contributed by atoms with E-state index in [1.807, 2.05) is 30.0 Å².